The zero-order valence-electron chi connectivity index (χ0n) is 15.3. The van der Waals surface area contributed by atoms with E-state index in [9.17, 15) is 4.79 Å². The lowest BCUT2D eigenvalue weighted by molar-refractivity contribution is -0.119. The van der Waals surface area contributed by atoms with E-state index in [4.69, 9.17) is 4.74 Å². The number of para-hydroxylation sites is 1. The van der Waals surface area contributed by atoms with E-state index < -0.39 is 0 Å². The summed E-state index contributed by atoms with van der Waals surface area (Å²) in [6.07, 6.45) is 0. The van der Waals surface area contributed by atoms with Crippen LogP contribution in [0, 0.1) is 6.92 Å². The van der Waals surface area contributed by atoms with E-state index in [0.717, 1.165) is 16.9 Å². The van der Waals surface area contributed by atoms with Crippen LogP contribution in [0.5, 0.6) is 5.75 Å². The molecule has 3 rings (SSSR count). The first-order valence-electron chi connectivity index (χ1n) is 8.68. The lowest BCUT2D eigenvalue weighted by Gasteiger charge is -2.13. The zero-order valence-corrected chi connectivity index (χ0v) is 16.1. The fourth-order valence-electron chi connectivity index (χ4n) is 2.51. The Kier molecular flexibility index (Phi) is 6.49. The van der Waals surface area contributed by atoms with Crippen LogP contribution in [0.3, 0.4) is 0 Å². The van der Waals surface area contributed by atoms with Gasteiger partial charge in [-0.3, -0.25) is 9.89 Å². The highest BCUT2D eigenvalue weighted by Gasteiger charge is 2.12. The molecule has 0 fully saturated rings. The molecule has 0 unspecified atom stereocenters. The van der Waals surface area contributed by atoms with Crippen LogP contribution in [-0.2, 0) is 11.4 Å². The minimum Gasteiger partial charge on any atom is -0.485 e. The molecule has 0 radical (unpaired) electrons. The topological polar surface area (TPSA) is 79.9 Å². The van der Waals surface area contributed by atoms with Gasteiger partial charge in [0.05, 0.1) is 11.8 Å². The Bertz CT molecular complexity index is 882. The van der Waals surface area contributed by atoms with E-state index in [2.05, 4.69) is 20.5 Å². The molecule has 2 N–H and O–H groups in total. The van der Waals surface area contributed by atoms with Crippen LogP contribution in [0.25, 0.3) is 0 Å². The maximum Gasteiger partial charge on any atom is 0.230 e. The maximum absolute atomic E-state index is 12.1. The number of ether oxygens (including phenoxy) is 1. The van der Waals surface area contributed by atoms with Gasteiger partial charge in [-0.15, -0.1) is 5.10 Å². The molecule has 27 heavy (non-hydrogen) atoms. The van der Waals surface area contributed by atoms with Crippen LogP contribution >= 0.6 is 11.8 Å². The number of amides is 1. The van der Waals surface area contributed by atoms with Crippen molar-refractivity contribution in [3.05, 3.63) is 71.5 Å². The third kappa shape index (κ3) is 5.59. The molecule has 0 saturated carbocycles. The van der Waals surface area contributed by atoms with E-state index in [1.165, 1.54) is 11.8 Å². The van der Waals surface area contributed by atoms with Gasteiger partial charge >= 0.3 is 0 Å². The Balaban J connectivity index is 1.45. The summed E-state index contributed by atoms with van der Waals surface area (Å²) >= 11 is 1.29. The van der Waals surface area contributed by atoms with Gasteiger partial charge in [-0.2, -0.15) is 0 Å². The minimum atomic E-state index is -0.0566. The molecule has 0 aliphatic rings. The summed E-state index contributed by atoms with van der Waals surface area (Å²) in [7, 11) is 0. The normalized spacial score (nSPS) is 11.8. The molecular formula is C20H22N4O2S. The summed E-state index contributed by atoms with van der Waals surface area (Å²) < 4.78 is 5.74. The molecule has 7 heteroatoms. The number of aryl methyl sites for hydroxylation is 1. The van der Waals surface area contributed by atoms with Gasteiger partial charge in [-0.05, 0) is 31.0 Å². The molecule has 0 bridgehead atoms. The Morgan fingerprint density at radius 1 is 1.19 bits per heavy atom. The van der Waals surface area contributed by atoms with Crippen LogP contribution in [0.4, 0.5) is 0 Å². The largest absolute Gasteiger partial charge is 0.485 e. The van der Waals surface area contributed by atoms with E-state index >= 15 is 0 Å². The van der Waals surface area contributed by atoms with Crippen LogP contribution in [0.2, 0.25) is 0 Å². The summed E-state index contributed by atoms with van der Waals surface area (Å²) in [5.41, 5.74) is 2.14. The van der Waals surface area contributed by atoms with Gasteiger partial charge < -0.3 is 10.1 Å². The lowest BCUT2D eigenvalue weighted by atomic mass is 10.1. The molecule has 0 aliphatic carbocycles. The number of aromatic nitrogens is 3. The second-order valence-electron chi connectivity index (χ2n) is 6.11. The summed E-state index contributed by atoms with van der Waals surface area (Å²) in [5, 5.41) is 10.5. The van der Waals surface area contributed by atoms with Gasteiger partial charge in [-0.1, -0.05) is 60.3 Å². The lowest BCUT2D eigenvalue weighted by Crippen LogP contribution is -2.28. The molecule has 1 aromatic heterocycles. The number of rotatable bonds is 8. The van der Waals surface area contributed by atoms with Crippen molar-refractivity contribution in [2.24, 2.45) is 0 Å². The number of thioether (sulfide) groups is 1. The summed E-state index contributed by atoms with van der Waals surface area (Å²) in [6, 6.07) is 17.6. The Hall–Kier alpha value is -2.80. The molecule has 3 aromatic rings. The third-order valence-electron chi connectivity index (χ3n) is 3.98. The Labute approximate surface area is 162 Å². The summed E-state index contributed by atoms with van der Waals surface area (Å²) in [6.45, 7) is 4.26. The van der Waals surface area contributed by atoms with Gasteiger partial charge in [0.15, 0.2) is 5.82 Å². The number of carbonyl (C=O) groups is 1. The molecule has 2 aromatic carbocycles. The molecular weight excluding hydrogens is 360 g/mol. The molecule has 1 heterocycles. The molecule has 140 valence electrons. The zero-order chi connectivity index (χ0) is 19.1. The highest BCUT2D eigenvalue weighted by molar-refractivity contribution is 7.99. The Morgan fingerprint density at radius 2 is 1.93 bits per heavy atom. The first kappa shape index (κ1) is 19.0. The number of nitrogens with one attached hydrogen (secondary N) is 2. The predicted molar refractivity (Wildman–Crippen MR) is 106 cm³/mol. The number of benzene rings is 2. The third-order valence-corrected chi connectivity index (χ3v) is 4.83. The van der Waals surface area contributed by atoms with E-state index in [1.807, 2.05) is 68.4 Å². The fourth-order valence-corrected chi connectivity index (χ4v) is 3.14. The van der Waals surface area contributed by atoms with Crippen molar-refractivity contribution in [3.8, 4) is 5.75 Å². The summed E-state index contributed by atoms with van der Waals surface area (Å²) in [5.74, 6) is 1.64. The highest BCUT2D eigenvalue weighted by Crippen LogP contribution is 2.18. The number of H-pyrrole nitrogens is 1. The van der Waals surface area contributed by atoms with E-state index in [0.29, 0.717) is 17.6 Å². The maximum atomic E-state index is 12.1. The van der Waals surface area contributed by atoms with E-state index in [-0.39, 0.29) is 17.7 Å². The van der Waals surface area contributed by atoms with Gasteiger partial charge in [0.1, 0.15) is 12.4 Å². The van der Waals surface area contributed by atoms with Crippen molar-refractivity contribution in [2.45, 2.75) is 31.7 Å². The first-order chi connectivity index (χ1) is 13.1. The Morgan fingerprint density at radius 3 is 2.70 bits per heavy atom. The number of nitrogens with zero attached hydrogens (tertiary/aromatic N) is 2. The van der Waals surface area contributed by atoms with Crippen LogP contribution in [0.15, 0.2) is 59.8 Å². The van der Waals surface area contributed by atoms with E-state index in [1.54, 1.807) is 0 Å². The average Bonchev–Trinajstić information content (AvgIpc) is 3.14. The first-order valence-corrected chi connectivity index (χ1v) is 9.67. The average molecular weight is 382 g/mol. The number of aromatic amines is 1. The smallest absolute Gasteiger partial charge is 0.230 e. The molecule has 1 amide bonds. The van der Waals surface area contributed by atoms with Crippen molar-refractivity contribution in [3.63, 3.8) is 0 Å². The molecule has 6 nitrogen and oxygen atoms in total. The van der Waals surface area contributed by atoms with Crippen LogP contribution < -0.4 is 10.1 Å². The van der Waals surface area contributed by atoms with Crippen molar-refractivity contribution >= 4 is 17.7 Å². The summed E-state index contributed by atoms with van der Waals surface area (Å²) in [4.78, 5) is 16.5. The fraction of sp³-hybridized carbons (Fsp3) is 0.250. The van der Waals surface area contributed by atoms with Gasteiger partial charge in [0, 0.05) is 0 Å². The monoisotopic (exact) mass is 382 g/mol. The minimum absolute atomic E-state index is 0.0375. The number of hydrogen-bond acceptors (Lipinski definition) is 5. The predicted octanol–water partition coefficient (Wildman–Crippen LogP) is 3.66. The second-order valence-corrected chi connectivity index (χ2v) is 7.05. The standard InChI is InChI=1S/C20H22N4O2S/c1-14-8-6-7-11-17(14)26-12-18-22-20(24-23-18)27-13-19(25)21-15(2)16-9-4-3-5-10-16/h3-11,15H,12-13H2,1-2H3,(H,21,25)(H,22,23,24)/t15-/m1/s1. The molecule has 0 aliphatic heterocycles. The van der Waals surface area contributed by atoms with Crippen molar-refractivity contribution in [1.29, 1.82) is 0 Å². The SMILES string of the molecule is Cc1ccccc1OCc1nc(SCC(=O)N[C@H](C)c2ccccc2)n[nH]1. The van der Waals surface area contributed by atoms with Gasteiger partial charge in [-0.25, -0.2) is 4.98 Å². The molecule has 1 atom stereocenters. The number of hydrogen-bond donors (Lipinski definition) is 2. The van der Waals surface area contributed by atoms with Crippen molar-refractivity contribution in [2.75, 3.05) is 5.75 Å². The number of carbonyl (C=O) groups excluding carboxylic acids is 1. The second kappa shape index (κ2) is 9.23. The molecule has 0 saturated heterocycles. The van der Waals surface area contributed by atoms with Crippen molar-refractivity contribution < 1.29 is 9.53 Å². The van der Waals surface area contributed by atoms with Crippen LogP contribution in [0.1, 0.15) is 29.9 Å². The molecule has 0 spiro atoms. The van der Waals surface area contributed by atoms with Gasteiger partial charge in [0.2, 0.25) is 11.1 Å². The quantitative estimate of drug-likeness (QED) is 0.581. The van der Waals surface area contributed by atoms with Gasteiger partial charge in [0.25, 0.3) is 0 Å². The highest BCUT2D eigenvalue weighted by atomic mass is 32.2. The van der Waals surface area contributed by atoms with Crippen molar-refractivity contribution in [1.82, 2.24) is 20.5 Å². The van der Waals surface area contributed by atoms with Crippen LogP contribution in [-0.4, -0.2) is 26.8 Å².